The lowest BCUT2D eigenvalue weighted by Crippen LogP contribution is -2.07. The average molecular weight is 486 g/mol. The second-order valence-corrected chi connectivity index (χ2v) is 8.67. The zero-order valence-electron chi connectivity index (χ0n) is 20.7. The quantitative estimate of drug-likeness (QED) is 0.184. The number of para-hydroxylation sites is 1. The van der Waals surface area contributed by atoms with E-state index in [4.69, 9.17) is 9.47 Å². The van der Waals surface area contributed by atoms with Crippen LogP contribution in [-0.4, -0.2) is 28.8 Å². The number of benzene rings is 3. The van der Waals surface area contributed by atoms with E-state index in [9.17, 15) is 9.90 Å². The van der Waals surface area contributed by atoms with E-state index >= 15 is 0 Å². The van der Waals surface area contributed by atoms with Gasteiger partial charge >= 0.3 is 5.91 Å². The molecule has 186 valence electrons. The minimum absolute atomic E-state index is 0.0488. The van der Waals surface area contributed by atoms with Crippen molar-refractivity contribution in [1.29, 1.82) is 0 Å². The highest BCUT2D eigenvalue weighted by atomic mass is 16.5. The highest BCUT2D eigenvalue weighted by Crippen LogP contribution is 2.39. The Kier molecular flexibility index (Phi) is 8.34. The first-order valence-corrected chi connectivity index (χ1v) is 12.2. The number of hydrogen-bond acceptors (Lipinski definition) is 5. The van der Waals surface area contributed by atoms with Gasteiger partial charge in [-0.1, -0.05) is 62.2 Å². The van der Waals surface area contributed by atoms with Crippen LogP contribution in [0.1, 0.15) is 37.3 Å². The molecule has 0 aliphatic heterocycles. The van der Waals surface area contributed by atoms with Crippen molar-refractivity contribution in [3.05, 3.63) is 83.9 Å². The second-order valence-electron chi connectivity index (χ2n) is 8.67. The summed E-state index contributed by atoms with van der Waals surface area (Å²) in [6.07, 6.45) is 3.36. The standard InChI is InChI=1S/C29H31N3O4/c1-3-4-7-17-35-23-15-13-22(14-16-23)19-32-26-12-6-5-11-25(26)28(29(32)34)31-30-27(33)20-36-24-10-8-9-21(2)18-24/h5-6,8-16,18,34H,3-4,7,17,19-20H2,1-2H3. The van der Waals surface area contributed by atoms with E-state index < -0.39 is 5.91 Å². The number of carbonyl (C=O) groups excluding carboxylic acids is 1. The van der Waals surface area contributed by atoms with Crippen LogP contribution in [0.3, 0.4) is 0 Å². The van der Waals surface area contributed by atoms with Gasteiger partial charge in [0.2, 0.25) is 5.88 Å². The van der Waals surface area contributed by atoms with Crippen molar-refractivity contribution in [2.45, 2.75) is 39.7 Å². The van der Waals surface area contributed by atoms with E-state index in [0.717, 1.165) is 41.7 Å². The molecule has 36 heavy (non-hydrogen) atoms. The van der Waals surface area contributed by atoms with Crippen molar-refractivity contribution < 1.29 is 19.4 Å². The number of amides is 1. The van der Waals surface area contributed by atoms with Crippen LogP contribution < -0.4 is 9.47 Å². The predicted octanol–water partition coefficient (Wildman–Crippen LogP) is 6.96. The minimum atomic E-state index is -0.540. The molecule has 0 aliphatic rings. The van der Waals surface area contributed by atoms with Crippen LogP contribution in [0.15, 0.2) is 83.0 Å². The van der Waals surface area contributed by atoms with Gasteiger partial charge in [0, 0.05) is 5.39 Å². The molecule has 1 N–H and O–H groups in total. The maximum absolute atomic E-state index is 12.3. The van der Waals surface area contributed by atoms with Crippen molar-refractivity contribution in [2.24, 2.45) is 10.2 Å². The van der Waals surface area contributed by atoms with E-state index in [-0.39, 0.29) is 18.2 Å². The van der Waals surface area contributed by atoms with Gasteiger partial charge in [-0.2, -0.15) is 0 Å². The summed E-state index contributed by atoms with van der Waals surface area (Å²) in [5.41, 5.74) is 3.09. The number of carbonyl (C=O) groups is 1. The van der Waals surface area contributed by atoms with Crippen LogP contribution in [0.5, 0.6) is 17.4 Å². The third-order valence-corrected chi connectivity index (χ3v) is 5.81. The van der Waals surface area contributed by atoms with Crippen molar-refractivity contribution >= 4 is 22.5 Å². The summed E-state index contributed by atoms with van der Waals surface area (Å²) in [5, 5.41) is 19.6. The van der Waals surface area contributed by atoms with Gasteiger partial charge in [-0.3, -0.25) is 4.79 Å². The summed E-state index contributed by atoms with van der Waals surface area (Å²) >= 11 is 0. The molecular formula is C29H31N3O4. The van der Waals surface area contributed by atoms with Gasteiger partial charge in [-0.15, -0.1) is 10.2 Å². The van der Waals surface area contributed by atoms with Gasteiger partial charge in [0.15, 0.2) is 12.3 Å². The molecule has 7 nitrogen and oxygen atoms in total. The Morgan fingerprint density at radius 2 is 1.75 bits per heavy atom. The molecule has 0 spiro atoms. The van der Waals surface area contributed by atoms with E-state index in [1.807, 2.05) is 73.7 Å². The molecule has 1 amide bonds. The molecule has 1 aromatic heterocycles. The van der Waals surface area contributed by atoms with Crippen LogP contribution in [0.2, 0.25) is 0 Å². The molecule has 0 unspecified atom stereocenters. The molecule has 1 heterocycles. The van der Waals surface area contributed by atoms with E-state index in [0.29, 0.717) is 24.3 Å². The summed E-state index contributed by atoms with van der Waals surface area (Å²) in [4.78, 5) is 12.3. The normalized spacial score (nSPS) is 11.3. The van der Waals surface area contributed by atoms with Crippen LogP contribution in [0.4, 0.5) is 5.69 Å². The monoisotopic (exact) mass is 485 g/mol. The zero-order chi connectivity index (χ0) is 25.3. The highest BCUT2D eigenvalue weighted by Gasteiger charge is 2.17. The van der Waals surface area contributed by atoms with Crippen molar-refractivity contribution in [2.75, 3.05) is 13.2 Å². The lowest BCUT2D eigenvalue weighted by atomic mass is 10.2. The summed E-state index contributed by atoms with van der Waals surface area (Å²) < 4.78 is 13.1. The Balaban J connectivity index is 1.47. The first kappa shape index (κ1) is 25.0. The number of hydrogen-bond donors (Lipinski definition) is 1. The Morgan fingerprint density at radius 3 is 2.53 bits per heavy atom. The maximum Gasteiger partial charge on any atom is 0.302 e. The summed E-state index contributed by atoms with van der Waals surface area (Å²) in [5.74, 6) is 0.835. The fraction of sp³-hybridized carbons (Fsp3) is 0.276. The van der Waals surface area contributed by atoms with Crippen molar-refractivity contribution in [3.8, 4) is 17.4 Å². The largest absolute Gasteiger partial charge is 0.494 e. The minimum Gasteiger partial charge on any atom is -0.494 e. The third kappa shape index (κ3) is 6.30. The van der Waals surface area contributed by atoms with Gasteiger partial charge in [-0.05, 0) is 54.8 Å². The van der Waals surface area contributed by atoms with Crippen LogP contribution >= 0.6 is 0 Å². The topological polar surface area (TPSA) is 85.4 Å². The molecule has 4 rings (SSSR count). The van der Waals surface area contributed by atoms with E-state index in [2.05, 4.69) is 17.2 Å². The number of aromatic nitrogens is 1. The molecular weight excluding hydrogens is 454 g/mol. The highest BCUT2D eigenvalue weighted by molar-refractivity contribution is 5.95. The number of nitrogens with zero attached hydrogens (tertiary/aromatic N) is 3. The summed E-state index contributed by atoms with van der Waals surface area (Å²) in [6.45, 7) is 5.02. The third-order valence-electron chi connectivity index (χ3n) is 5.81. The van der Waals surface area contributed by atoms with Crippen LogP contribution in [0, 0.1) is 6.92 Å². The van der Waals surface area contributed by atoms with Gasteiger partial charge in [-0.25, -0.2) is 0 Å². The molecule has 0 fully saturated rings. The number of ether oxygens (including phenoxy) is 2. The number of unbranched alkanes of at least 4 members (excludes halogenated alkanes) is 2. The van der Waals surface area contributed by atoms with Gasteiger partial charge in [0.1, 0.15) is 11.5 Å². The predicted molar refractivity (Wildman–Crippen MR) is 140 cm³/mol. The molecule has 0 saturated heterocycles. The van der Waals surface area contributed by atoms with Gasteiger partial charge in [0.25, 0.3) is 0 Å². The van der Waals surface area contributed by atoms with Crippen molar-refractivity contribution in [3.63, 3.8) is 0 Å². The number of azo groups is 1. The van der Waals surface area contributed by atoms with Gasteiger partial charge in [0.05, 0.1) is 18.7 Å². The van der Waals surface area contributed by atoms with Gasteiger partial charge < -0.3 is 19.1 Å². The molecule has 0 saturated carbocycles. The van der Waals surface area contributed by atoms with Crippen molar-refractivity contribution in [1.82, 2.24) is 4.57 Å². The second kappa shape index (κ2) is 12.0. The first-order chi connectivity index (χ1) is 17.5. The smallest absolute Gasteiger partial charge is 0.302 e. The zero-order valence-corrected chi connectivity index (χ0v) is 20.7. The summed E-state index contributed by atoms with van der Waals surface area (Å²) in [6, 6.07) is 22.8. The van der Waals surface area contributed by atoms with E-state index in [1.54, 1.807) is 10.6 Å². The number of fused-ring (bicyclic) bond motifs is 1. The molecule has 0 bridgehead atoms. The SMILES string of the molecule is CCCCCOc1ccc(Cn2c(O)c(N=NC(=O)COc3cccc(C)c3)c3ccccc32)cc1. The Morgan fingerprint density at radius 1 is 0.944 bits per heavy atom. The first-order valence-electron chi connectivity index (χ1n) is 12.2. The molecule has 3 aromatic carbocycles. The Labute approximate surface area is 211 Å². The van der Waals surface area contributed by atoms with Crippen LogP contribution in [0.25, 0.3) is 10.9 Å². The van der Waals surface area contributed by atoms with E-state index in [1.165, 1.54) is 0 Å². The average Bonchev–Trinajstić information content (AvgIpc) is 3.15. The lowest BCUT2D eigenvalue weighted by Gasteiger charge is -2.09. The Bertz CT molecular complexity index is 1340. The molecule has 7 heteroatoms. The summed E-state index contributed by atoms with van der Waals surface area (Å²) in [7, 11) is 0. The number of aromatic hydroxyl groups is 1. The fourth-order valence-electron chi connectivity index (χ4n) is 3.93. The number of rotatable bonds is 11. The molecule has 4 aromatic rings. The molecule has 0 atom stereocenters. The molecule has 0 aliphatic carbocycles. The Hall–Kier alpha value is -4.13. The molecule has 0 radical (unpaired) electrons. The maximum atomic E-state index is 12.3. The number of aryl methyl sites for hydroxylation is 1. The van der Waals surface area contributed by atoms with Crippen LogP contribution in [-0.2, 0) is 11.3 Å². The fourth-order valence-corrected chi connectivity index (χ4v) is 3.93. The lowest BCUT2D eigenvalue weighted by molar-refractivity contribution is -0.120.